The van der Waals surface area contributed by atoms with Crippen LogP contribution in [0.3, 0.4) is 0 Å². The molecule has 0 aliphatic carbocycles. The number of ether oxygens (including phenoxy) is 1. The van der Waals surface area contributed by atoms with E-state index in [2.05, 4.69) is 10.5 Å². The maximum Gasteiger partial charge on any atom is 0.419 e. The van der Waals surface area contributed by atoms with Crippen LogP contribution in [0.4, 0.5) is 8.78 Å². The fourth-order valence-electron chi connectivity index (χ4n) is 0. The highest BCUT2D eigenvalue weighted by Crippen LogP contribution is 2.01. The van der Waals surface area contributed by atoms with E-state index in [1.807, 2.05) is 0 Å². The molecular formula is C2H5F2NO. The number of nitrogens with two attached hydrogens (primary N) is 1. The minimum Gasteiger partial charge on any atom is -0.311 e. The Hall–Kier alpha value is -0.220. The molecule has 0 heterocycles. The zero-order valence-electron chi connectivity index (χ0n) is 3.24. The third kappa shape index (κ3) is 3.78. The summed E-state index contributed by atoms with van der Waals surface area (Å²) in [6.07, 6.45) is -3.46. The monoisotopic (exact) mass is 97.0 g/mol. The summed E-state index contributed by atoms with van der Waals surface area (Å²) >= 11 is 0. The number of methoxy groups -OCH3 is 1. The van der Waals surface area contributed by atoms with Crippen molar-refractivity contribution in [2.75, 3.05) is 7.11 Å². The van der Waals surface area contributed by atoms with E-state index in [-0.39, 0.29) is 0 Å². The Labute approximate surface area is 33.9 Å². The van der Waals surface area contributed by atoms with Crippen LogP contribution in [-0.2, 0) is 4.74 Å². The van der Waals surface area contributed by atoms with Gasteiger partial charge in [0.1, 0.15) is 0 Å². The van der Waals surface area contributed by atoms with Crippen molar-refractivity contribution in [2.24, 2.45) is 5.73 Å². The van der Waals surface area contributed by atoms with E-state index in [9.17, 15) is 8.78 Å². The third-order valence-electron chi connectivity index (χ3n) is 0.272. The molecule has 0 aliphatic rings. The molecule has 0 aromatic rings. The van der Waals surface area contributed by atoms with Gasteiger partial charge in [-0.15, -0.1) is 0 Å². The zero-order chi connectivity index (χ0) is 5.21. The quantitative estimate of drug-likeness (QED) is 0.373. The standard InChI is InChI=1S/C2H5F2NO/c1-6-2(3,4)5/h5H2,1H3. The van der Waals surface area contributed by atoms with Crippen LogP contribution in [0, 0.1) is 0 Å². The van der Waals surface area contributed by atoms with Gasteiger partial charge in [-0.2, -0.15) is 8.78 Å². The molecule has 0 aliphatic heterocycles. The molecule has 0 rings (SSSR count). The van der Waals surface area contributed by atoms with Crippen molar-refractivity contribution in [1.29, 1.82) is 0 Å². The lowest BCUT2D eigenvalue weighted by Gasteiger charge is -2.02. The van der Waals surface area contributed by atoms with E-state index in [0.717, 1.165) is 7.11 Å². The zero-order valence-corrected chi connectivity index (χ0v) is 3.24. The predicted octanol–water partition coefficient (Wildman–Crippen LogP) is 0.142. The number of halogens is 2. The van der Waals surface area contributed by atoms with Crippen molar-refractivity contribution in [1.82, 2.24) is 0 Å². The SMILES string of the molecule is COC(N)(F)F. The van der Waals surface area contributed by atoms with E-state index >= 15 is 0 Å². The molecule has 6 heavy (non-hydrogen) atoms. The molecule has 0 aromatic carbocycles. The number of alkyl halides is 2. The van der Waals surface area contributed by atoms with E-state index in [1.54, 1.807) is 0 Å². The number of rotatable bonds is 1. The molecule has 0 atom stereocenters. The molecule has 0 amide bonds. The van der Waals surface area contributed by atoms with E-state index in [0.29, 0.717) is 0 Å². The van der Waals surface area contributed by atoms with Crippen LogP contribution in [-0.4, -0.2) is 13.3 Å². The van der Waals surface area contributed by atoms with Gasteiger partial charge < -0.3 is 4.74 Å². The summed E-state index contributed by atoms with van der Waals surface area (Å²) in [5.41, 5.74) is 3.98. The van der Waals surface area contributed by atoms with Gasteiger partial charge in [-0.05, 0) is 0 Å². The van der Waals surface area contributed by atoms with E-state index in [1.165, 1.54) is 0 Å². The average Bonchev–Trinajstić information content (AvgIpc) is 1.35. The Morgan fingerprint density at radius 1 is 1.67 bits per heavy atom. The van der Waals surface area contributed by atoms with Crippen LogP contribution >= 0.6 is 0 Å². The maximum atomic E-state index is 11.0. The molecule has 0 saturated carbocycles. The van der Waals surface area contributed by atoms with Gasteiger partial charge in [0.2, 0.25) is 0 Å². The first-order valence-electron chi connectivity index (χ1n) is 1.28. The lowest BCUT2D eigenvalue weighted by molar-refractivity contribution is -0.216. The summed E-state index contributed by atoms with van der Waals surface area (Å²) in [4.78, 5) is 0. The molecule has 38 valence electrons. The van der Waals surface area contributed by atoms with Gasteiger partial charge in [-0.25, -0.2) is 5.73 Å². The molecule has 4 heteroatoms. The summed E-state index contributed by atoms with van der Waals surface area (Å²) in [5.74, 6) is 0. The van der Waals surface area contributed by atoms with Crippen LogP contribution in [0.1, 0.15) is 0 Å². The largest absolute Gasteiger partial charge is 0.419 e. The summed E-state index contributed by atoms with van der Waals surface area (Å²) in [6.45, 7) is 0. The highest BCUT2D eigenvalue weighted by atomic mass is 19.3. The Kier molecular flexibility index (Phi) is 1.43. The molecule has 0 saturated heterocycles. The summed E-state index contributed by atoms with van der Waals surface area (Å²) in [5, 5.41) is 0. The second-order valence-electron chi connectivity index (χ2n) is 0.766. The molecule has 0 aromatic heterocycles. The van der Waals surface area contributed by atoms with Crippen LogP contribution in [0.5, 0.6) is 0 Å². The average molecular weight is 97.1 g/mol. The maximum absolute atomic E-state index is 11.0. The van der Waals surface area contributed by atoms with Gasteiger partial charge in [0.15, 0.2) is 0 Å². The van der Waals surface area contributed by atoms with Gasteiger partial charge in [0.25, 0.3) is 0 Å². The fraction of sp³-hybridized carbons (Fsp3) is 1.00. The van der Waals surface area contributed by atoms with Crippen molar-refractivity contribution in [3.05, 3.63) is 0 Å². The Morgan fingerprint density at radius 3 is 1.83 bits per heavy atom. The van der Waals surface area contributed by atoms with Gasteiger partial charge in [-0.3, -0.25) is 0 Å². The minimum absolute atomic E-state index is 0.833. The second kappa shape index (κ2) is 1.49. The van der Waals surface area contributed by atoms with E-state index in [4.69, 9.17) is 0 Å². The predicted molar refractivity (Wildman–Crippen MR) is 16.1 cm³/mol. The minimum atomic E-state index is -3.46. The summed E-state index contributed by atoms with van der Waals surface area (Å²) in [7, 11) is 0.833. The smallest absolute Gasteiger partial charge is 0.311 e. The number of hydrogen-bond acceptors (Lipinski definition) is 2. The van der Waals surface area contributed by atoms with E-state index < -0.39 is 6.23 Å². The summed E-state index contributed by atoms with van der Waals surface area (Å²) in [6, 6.07) is 0. The van der Waals surface area contributed by atoms with Crippen LogP contribution in [0.25, 0.3) is 0 Å². The highest BCUT2D eigenvalue weighted by Gasteiger charge is 2.18. The fourth-order valence-corrected chi connectivity index (χ4v) is 0. The molecule has 0 spiro atoms. The summed E-state index contributed by atoms with van der Waals surface area (Å²) < 4.78 is 25.4. The molecule has 2 N–H and O–H groups in total. The first-order valence-corrected chi connectivity index (χ1v) is 1.28. The molecule has 0 fully saturated rings. The second-order valence-corrected chi connectivity index (χ2v) is 0.766. The van der Waals surface area contributed by atoms with Crippen molar-refractivity contribution in [3.8, 4) is 0 Å². The number of hydrogen-bond donors (Lipinski definition) is 1. The van der Waals surface area contributed by atoms with Gasteiger partial charge >= 0.3 is 6.23 Å². The normalized spacial score (nSPS) is 12.0. The molecule has 2 nitrogen and oxygen atoms in total. The van der Waals surface area contributed by atoms with Crippen molar-refractivity contribution >= 4 is 0 Å². The first-order chi connectivity index (χ1) is 2.56. The van der Waals surface area contributed by atoms with Crippen LogP contribution < -0.4 is 5.73 Å². The van der Waals surface area contributed by atoms with Gasteiger partial charge in [0.05, 0.1) is 0 Å². The lowest BCUT2D eigenvalue weighted by Crippen LogP contribution is -2.29. The molecule has 0 bridgehead atoms. The Balaban J connectivity index is 3.17. The van der Waals surface area contributed by atoms with Crippen molar-refractivity contribution in [3.63, 3.8) is 0 Å². The molecule has 0 unspecified atom stereocenters. The van der Waals surface area contributed by atoms with Gasteiger partial charge in [-0.1, -0.05) is 0 Å². The molecule has 0 radical (unpaired) electrons. The lowest BCUT2D eigenvalue weighted by atomic mass is 11.1. The third-order valence-corrected chi connectivity index (χ3v) is 0.272. The highest BCUT2D eigenvalue weighted by molar-refractivity contribution is 4.26. The molecular weight excluding hydrogens is 92.0 g/mol. The van der Waals surface area contributed by atoms with Crippen molar-refractivity contribution in [2.45, 2.75) is 6.23 Å². The van der Waals surface area contributed by atoms with Gasteiger partial charge in [0, 0.05) is 7.11 Å². The van der Waals surface area contributed by atoms with Crippen LogP contribution in [0.2, 0.25) is 0 Å². The van der Waals surface area contributed by atoms with Crippen LogP contribution in [0.15, 0.2) is 0 Å². The first kappa shape index (κ1) is 5.78. The Bertz CT molecular complexity index is 41.3. The van der Waals surface area contributed by atoms with Crippen molar-refractivity contribution < 1.29 is 13.5 Å². The Morgan fingerprint density at radius 2 is 1.83 bits per heavy atom. The topological polar surface area (TPSA) is 35.2 Å².